The summed E-state index contributed by atoms with van der Waals surface area (Å²) < 4.78 is 10.9. The fraction of sp³-hybridized carbons (Fsp3) is 0.615. The predicted molar refractivity (Wildman–Crippen MR) is 188 cm³/mol. The number of hydrogen-bond donors (Lipinski definition) is 1. The number of likely N-dealkylation sites (tertiary alicyclic amines) is 1. The molecule has 0 aromatic heterocycles. The largest absolute Gasteiger partial charge is 0.465 e. The maximum atomic E-state index is 13.7. The van der Waals surface area contributed by atoms with Crippen molar-refractivity contribution in [1.82, 2.24) is 4.90 Å². The topological polar surface area (TPSA) is 88.2 Å². The molecular weight excluding hydrogens is 590 g/mol. The molecule has 2 amide bonds. The van der Waals surface area contributed by atoms with Crippen LogP contribution in [0.5, 0.6) is 0 Å². The van der Waals surface area contributed by atoms with Gasteiger partial charge in [0.15, 0.2) is 0 Å². The molecule has 1 unspecified atom stereocenters. The standard InChI is InChI=1S/C39H55N3O5/c1-8-19-39(20-11-14-27-12-10-13-27)32-16-15-28(24-33(32)40-36(39)44)29-23-31(35(43)46-7)26(3)34(25-29)42(9-2)30-17-21-41(22-18-30)37(45)47-38(4,5)6/h15-16,23-25,27,30H,8-14,17-22H2,1-7H3,(H,40,44). The summed E-state index contributed by atoms with van der Waals surface area (Å²) in [4.78, 5) is 43.6. The summed E-state index contributed by atoms with van der Waals surface area (Å²) >= 11 is 0. The Hall–Kier alpha value is -3.55. The van der Waals surface area contributed by atoms with Crippen molar-refractivity contribution in [3.05, 3.63) is 47.0 Å². The first-order valence-corrected chi connectivity index (χ1v) is 17.8. The monoisotopic (exact) mass is 645 g/mol. The van der Waals surface area contributed by atoms with Crippen molar-refractivity contribution in [1.29, 1.82) is 0 Å². The summed E-state index contributed by atoms with van der Waals surface area (Å²) in [7, 11) is 1.42. The van der Waals surface area contributed by atoms with E-state index >= 15 is 0 Å². The van der Waals surface area contributed by atoms with Crippen molar-refractivity contribution in [3.63, 3.8) is 0 Å². The molecule has 0 radical (unpaired) electrons. The number of ether oxygens (including phenoxy) is 2. The lowest BCUT2D eigenvalue weighted by molar-refractivity contribution is -0.121. The van der Waals surface area contributed by atoms with Crippen LogP contribution in [-0.2, 0) is 19.7 Å². The molecule has 1 aliphatic carbocycles. The Bertz CT molecular complexity index is 1470. The summed E-state index contributed by atoms with van der Waals surface area (Å²) in [5.41, 5.74) is 5.24. The van der Waals surface area contributed by atoms with Crippen LogP contribution in [0.3, 0.4) is 0 Å². The highest BCUT2D eigenvalue weighted by Crippen LogP contribution is 2.47. The molecule has 2 heterocycles. The second-order valence-corrected chi connectivity index (χ2v) is 14.9. The Kier molecular flexibility index (Phi) is 10.6. The molecule has 1 atom stereocenters. The minimum atomic E-state index is -0.529. The number of fused-ring (bicyclic) bond motifs is 1. The van der Waals surface area contributed by atoms with Gasteiger partial charge in [-0.2, -0.15) is 0 Å². The van der Waals surface area contributed by atoms with Gasteiger partial charge in [0.1, 0.15) is 5.60 Å². The van der Waals surface area contributed by atoms with E-state index in [1.54, 1.807) is 4.90 Å². The zero-order chi connectivity index (χ0) is 33.9. The molecule has 1 N–H and O–H groups in total. The number of carbonyl (C=O) groups excluding carboxylic acids is 3. The number of amides is 2. The number of piperidine rings is 1. The number of hydrogen-bond acceptors (Lipinski definition) is 6. The minimum Gasteiger partial charge on any atom is -0.465 e. The highest BCUT2D eigenvalue weighted by molar-refractivity contribution is 6.07. The fourth-order valence-corrected chi connectivity index (χ4v) is 7.93. The molecule has 47 heavy (non-hydrogen) atoms. The van der Waals surface area contributed by atoms with E-state index in [0.29, 0.717) is 18.7 Å². The Balaban J connectivity index is 1.44. The van der Waals surface area contributed by atoms with E-state index in [2.05, 4.69) is 48.3 Å². The normalized spacial score (nSPS) is 20.0. The molecule has 2 aliphatic heterocycles. The third-order valence-corrected chi connectivity index (χ3v) is 10.7. The van der Waals surface area contributed by atoms with Gasteiger partial charge in [0.2, 0.25) is 5.91 Å². The average molecular weight is 646 g/mol. The van der Waals surface area contributed by atoms with Gasteiger partial charge < -0.3 is 24.6 Å². The summed E-state index contributed by atoms with van der Waals surface area (Å²) in [6.45, 7) is 13.9. The molecule has 0 spiro atoms. The zero-order valence-electron chi connectivity index (χ0n) is 29.7. The number of carbonyl (C=O) groups is 3. The number of benzene rings is 2. The maximum Gasteiger partial charge on any atom is 0.410 e. The summed E-state index contributed by atoms with van der Waals surface area (Å²) in [5.74, 6) is 0.582. The smallest absolute Gasteiger partial charge is 0.410 e. The first-order valence-electron chi connectivity index (χ1n) is 17.8. The molecule has 5 rings (SSSR count). The molecule has 1 saturated carbocycles. The van der Waals surface area contributed by atoms with Gasteiger partial charge in [0.05, 0.1) is 18.1 Å². The van der Waals surface area contributed by atoms with Crippen LogP contribution in [0.2, 0.25) is 0 Å². The average Bonchev–Trinajstić information content (AvgIpc) is 3.28. The van der Waals surface area contributed by atoms with Crippen LogP contribution in [0.15, 0.2) is 30.3 Å². The Morgan fingerprint density at radius 2 is 1.74 bits per heavy atom. The SMILES string of the molecule is CCCC1(CCCC2CCC2)C(=O)Nc2cc(-c3cc(C(=O)OC)c(C)c(N(CC)C4CCN(C(=O)OC(C)(C)C)CC4)c3)ccc21. The van der Waals surface area contributed by atoms with Crippen LogP contribution in [0, 0.1) is 12.8 Å². The van der Waals surface area contributed by atoms with Crippen LogP contribution in [-0.4, -0.2) is 61.3 Å². The van der Waals surface area contributed by atoms with Crippen LogP contribution in [0.25, 0.3) is 11.1 Å². The lowest BCUT2D eigenvalue weighted by Gasteiger charge is -2.40. The number of nitrogens with zero attached hydrogens (tertiary/aromatic N) is 2. The van der Waals surface area contributed by atoms with E-state index in [0.717, 1.165) is 84.6 Å². The zero-order valence-corrected chi connectivity index (χ0v) is 29.7. The molecular formula is C39H55N3O5. The van der Waals surface area contributed by atoms with Gasteiger partial charge in [0, 0.05) is 37.1 Å². The van der Waals surface area contributed by atoms with Crippen molar-refractivity contribution < 1.29 is 23.9 Å². The lowest BCUT2D eigenvalue weighted by atomic mass is 9.72. The fourth-order valence-electron chi connectivity index (χ4n) is 7.93. The molecule has 3 aliphatic rings. The number of nitrogens with one attached hydrogen (secondary N) is 1. The van der Waals surface area contributed by atoms with E-state index in [4.69, 9.17) is 9.47 Å². The molecule has 0 bridgehead atoms. The van der Waals surface area contributed by atoms with Crippen molar-refractivity contribution in [2.75, 3.05) is 37.0 Å². The van der Waals surface area contributed by atoms with Gasteiger partial charge in [-0.05, 0) is 107 Å². The van der Waals surface area contributed by atoms with Gasteiger partial charge >= 0.3 is 12.1 Å². The molecule has 8 nitrogen and oxygen atoms in total. The minimum absolute atomic E-state index is 0.120. The highest BCUT2D eigenvalue weighted by atomic mass is 16.6. The summed E-state index contributed by atoms with van der Waals surface area (Å²) in [6.07, 6.45) is 10.3. The van der Waals surface area contributed by atoms with E-state index in [-0.39, 0.29) is 24.0 Å². The number of esters is 1. The van der Waals surface area contributed by atoms with Crippen LogP contribution in [0.4, 0.5) is 16.2 Å². The van der Waals surface area contributed by atoms with Gasteiger partial charge in [-0.15, -0.1) is 0 Å². The lowest BCUT2D eigenvalue weighted by Crippen LogP contribution is -2.48. The Labute approximate surface area is 281 Å². The first-order chi connectivity index (χ1) is 22.4. The Morgan fingerprint density at radius 3 is 2.34 bits per heavy atom. The van der Waals surface area contributed by atoms with Crippen molar-refractivity contribution in [3.8, 4) is 11.1 Å². The van der Waals surface area contributed by atoms with Crippen LogP contribution < -0.4 is 10.2 Å². The molecule has 2 aromatic rings. The maximum absolute atomic E-state index is 13.7. The third kappa shape index (κ3) is 7.31. The van der Waals surface area contributed by atoms with Crippen molar-refractivity contribution >= 4 is 29.3 Å². The quantitative estimate of drug-likeness (QED) is 0.246. The summed E-state index contributed by atoms with van der Waals surface area (Å²) in [5, 5.41) is 3.25. The number of rotatable bonds is 11. The molecule has 2 fully saturated rings. The van der Waals surface area contributed by atoms with Crippen LogP contribution >= 0.6 is 0 Å². The van der Waals surface area contributed by atoms with Gasteiger partial charge in [-0.1, -0.05) is 57.6 Å². The number of methoxy groups -OCH3 is 1. The highest BCUT2D eigenvalue weighted by Gasteiger charge is 2.45. The first kappa shape index (κ1) is 34.8. The molecule has 8 heteroatoms. The van der Waals surface area contributed by atoms with Gasteiger partial charge in [-0.3, -0.25) is 4.79 Å². The van der Waals surface area contributed by atoms with Crippen molar-refractivity contribution in [2.45, 2.75) is 123 Å². The second-order valence-electron chi connectivity index (χ2n) is 14.9. The Morgan fingerprint density at radius 1 is 1.02 bits per heavy atom. The molecule has 1 saturated heterocycles. The molecule has 2 aromatic carbocycles. The van der Waals surface area contributed by atoms with Crippen LogP contribution in [0.1, 0.15) is 120 Å². The van der Waals surface area contributed by atoms with E-state index in [1.165, 1.54) is 32.8 Å². The second kappa shape index (κ2) is 14.3. The summed E-state index contributed by atoms with van der Waals surface area (Å²) in [6, 6.07) is 10.6. The number of anilines is 2. The predicted octanol–water partition coefficient (Wildman–Crippen LogP) is 8.63. The third-order valence-electron chi connectivity index (χ3n) is 10.7. The van der Waals surface area contributed by atoms with E-state index < -0.39 is 11.0 Å². The van der Waals surface area contributed by atoms with E-state index in [9.17, 15) is 14.4 Å². The molecule has 256 valence electrons. The van der Waals surface area contributed by atoms with E-state index in [1.807, 2.05) is 33.8 Å². The van der Waals surface area contributed by atoms with Gasteiger partial charge in [0.25, 0.3) is 0 Å². The van der Waals surface area contributed by atoms with Crippen molar-refractivity contribution in [2.24, 2.45) is 5.92 Å². The van der Waals surface area contributed by atoms with Gasteiger partial charge in [-0.25, -0.2) is 9.59 Å².